The van der Waals surface area contributed by atoms with Gasteiger partial charge in [-0.2, -0.15) is 0 Å². The van der Waals surface area contributed by atoms with E-state index >= 15 is 0 Å². The monoisotopic (exact) mass is 337 g/mol. The molecule has 2 nitrogen and oxygen atoms in total. The Morgan fingerprint density at radius 1 is 1.25 bits per heavy atom. The smallest absolute Gasteiger partial charge is 0.0624 e. The molecule has 2 fully saturated rings. The number of nitrogens with two attached hydrogens (primary N) is 1. The Morgan fingerprint density at radius 3 is 2.65 bits per heavy atom. The highest BCUT2D eigenvalue weighted by Crippen LogP contribution is 2.50. The topological polar surface area (TPSA) is 46.2 Å². The lowest BCUT2D eigenvalue weighted by Gasteiger charge is -2.29. The van der Waals surface area contributed by atoms with Gasteiger partial charge in [-0.1, -0.05) is 40.5 Å². The molecular formula is C17H24BrNO. The highest BCUT2D eigenvalue weighted by atomic mass is 79.9. The van der Waals surface area contributed by atoms with E-state index < -0.39 is 0 Å². The Kier molecular flexibility index (Phi) is 4.49. The quantitative estimate of drug-likeness (QED) is 0.860. The van der Waals surface area contributed by atoms with E-state index in [1.54, 1.807) is 0 Å². The third kappa shape index (κ3) is 2.81. The van der Waals surface area contributed by atoms with E-state index in [9.17, 15) is 5.11 Å². The van der Waals surface area contributed by atoms with Crippen LogP contribution in [0.2, 0.25) is 0 Å². The Morgan fingerprint density at radius 2 is 2.05 bits per heavy atom. The number of aliphatic hydroxyl groups is 1. The zero-order chi connectivity index (χ0) is 14.1. The Labute approximate surface area is 129 Å². The summed E-state index contributed by atoms with van der Waals surface area (Å²) in [6, 6.07) is 8.13. The Bertz CT molecular complexity index is 464. The molecule has 0 amide bonds. The van der Waals surface area contributed by atoms with Gasteiger partial charge in [0.1, 0.15) is 0 Å². The van der Waals surface area contributed by atoms with Crippen molar-refractivity contribution >= 4 is 15.9 Å². The van der Waals surface area contributed by atoms with Gasteiger partial charge in [0, 0.05) is 16.9 Å². The minimum atomic E-state index is -0.317. The van der Waals surface area contributed by atoms with Crippen molar-refractivity contribution in [3.05, 3.63) is 34.3 Å². The van der Waals surface area contributed by atoms with Gasteiger partial charge in [-0.05, 0) is 55.1 Å². The summed E-state index contributed by atoms with van der Waals surface area (Å²) >= 11 is 3.58. The number of aliphatic hydroxyl groups excluding tert-OH is 1. The number of hydrogen-bond donors (Lipinski definition) is 2. The van der Waals surface area contributed by atoms with Gasteiger partial charge in [-0.25, -0.2) is 0 Å². The lowest BCUT2D eigenvalue weighted by molar-refractivity contribution is 0.101. The molecule has 2 bridgehead atoms. The maximum absolute atomic E-state index is 10.7. The zero-order valence-electron chi connectivity index (χ0n) is 11.8. The molecule has 1 aromatic rings. The molecule has 2 aliphatic carbocycles. The van der Waals surface area contributed by atoms with Crippen LogP contribution >= 0.6 is 15.9 Å². The minimum Gasteiger partial charge on any atom is -0.392 e. The summed E-state index contributed by atoms with van der Waals surface area (Å²) in [5.74, 6) is 2.58. The summed E-state index contributed by atoms with van der Waals surface area (Å²) in [6.07, 6.45) is 6.13. The van der Waals surface area contributed by atoms with Crippen LogP contribution in [-0.2, 0) is 0 Å². The van der Waals surface area contributed by atoms with Gasteiger partial charge in [-0.3, -0.25) is 0 Å². The van der Waals surface area contributed by atoms with Gasteiger partial charge < -0.3 is 10.8 Å². The van der Waals surface area contributed by atoms with Crippen molar-refractivity contribution in [3.8, 4) is 0 Å². The van der Waals surface area contributed by atoms with Crippen LogP contribution < -0.4 is 5.73 Å². The number of fused-ring (bicyclic) bond motifs is 2. The average Bonchev–Trinajstić information content (AvgIpc) is 3.04. The molecule has 0 heterocycles. The van der Waals surface area contributed by atoms with Crippen molar-refractivity contribution in [1.82, 2.24) is 0 Å². The van der Waals surface area contributed by atoms with E-state index in [0.717, 1.165) is 34.2 Å². The van der Waals surface area contributed by atoms with Crippen LogP contribution in [0.4, 0.5) is 0 Å². The third-order valence-corrected chi connectivity index (χ3v) is 6.17. The first-order valence-corrected chi connectivity index (χ1v) is 8.61. The molecule has 2 aliphatic rings. The fourth-order valence-electron chi connectivity index (χ4n) is 4.41. The van der Waals surface area contributed by atoms with E-state index in [1.807, 2.05) is 18.2 Å². The van der Waals surface area contributed by atoms with Crippen LogP contribution in [0, 0.1) is 17.8 Å². The third-order valence-electron chi connectivity index (χ3n) is 5.45. The van der Waals surface area contributed by atoms with Crippen LogP contribution in [0.5, 0.6) is 0 Å². The van der Waals surface area contributed by atoms with Gasteiger partial charge in [0.15, 0.2) is 0 Å². The highest BCUT2D eigenvalue weighted by molar-refractivity contribution is 9.10. The van der Waals surface area contributed by atoms with Gasteiger partial charge in [0.2, 0.25) is 0 Å². The maximum Gasteiger partial charge on any atom is 0.0624 e. The van der Waals surface area contributed by atoms with Crippen LogP contribution in [-0.4, -0.2) is 17.8 Å². The second kappa shape index (κ2) is 6.17. The first kappa shape index (κ1) is 14.6. The van der Waals surface area contributed by atoms with Crippen LogP contribution in [0.25, 0.3) is 0 Å². The molecule has 3 heteroatoms. The van der Waals surface area contributed by atoms with Crippen molar-refractivity contribution in [2.75, 3.05) is 6.54 Å². The summed E-state index contributed by atoms with van der Waals surface area (Å²) in [4.78, 5) is 0. The van der Waals surface area contributed by atoms with Crippen molar-refractivity contribution in [3.63, 3.8) is 0 Å². The van der Waals surface area contributed by atoms with Crippen LogP contribution in [0.1, 0.15) is 43.6 Å². The predicted octanol–water partition coefficient (Wildman–Crippen LogP) is 3.68. The molecular weight excluding hydrogens is 314 g/mol. The molecule has 0 saturated heterocycles. The van der Waals surface area contributed by atoms with Gasteiger partial charge in [-0.15, -0.1) is 0 Å². The summed E-state index contributed by atoms with van der Waals surface area (Å²) < 4.78 is 1.06. The zero-order valence-corrected chi connectivity index (χ0v) is 13.4. The molecule has 5 atom stereocenters. The molecule has 0 aromatic heterocycles. The van der Waals surface area contributed by atoms with E-state index in [4.69, 9.17) is 5.73 Å². The van der Waals surface area contributed by atoms with E-state index in [2.05, 4.69) is 22.0 Å². The fourth-order valence-corrected chi connectivity index (χ4v) is 4.99. The second-order valence-electron chi connectivity index (χ2n) is 6.60. The molecule has 1 aromatic carbocycles. The summed E-state index contributed by atoms with van der Waals surface area (Å²) in [5, 5.41) is 10.7. The van der Waals surface area contributed by atoms with E-state index in [1.165, 1.54) is 25.7 Å². The molecule has 3 N–H and O–H groups in total. The predicted molar refractivity (Wildman–Crippen MR) is 85.5 cm³/mol. The normalized spacial score (nSPS) is 31.4. The van der Waals surface area contributed by atoms with Crippen molar-refractivity contribution in [1.29, 1.82) is 0 Å². The fraction of sp³-hybridized carbons (Fsp3) is 0.647. The van der Waals surface area contributed by atoms with Crippen LogP contribution in [0.15, 0.2) is 28.7 Å². The van der Waals surface area contributed by atoms with Crippen LogP contribution in [0.3, 0.4) is 0 Å². The van der Waals surface area contributed by atoms with E-state index in [-0.39, 0.29) is 12.0 Å². The van der Waals surface area contributed by atoms with Crippen molar-refractivity contribution < 1.29 is 5.11 Å². The molecule has 2 saturated carbocycles. The maximum atomic E-state index is 10.7. The van der Waals surface area contributed by atoms with Gasteiger partial charge >= 0.3 is 0 Å². The van der Waals surface area contributed by atoms with Crippen molar-refractivity contribution in [2.45, 2.75) is 44.1 Å². The lowest BCUT2D eigenvalue weighted by atomic mass is 9.80. The SMILES string of the molecule is NCC(c1ccccc1Br)C(O)CC1CC2CCC1C2. The number of benzene rings is 1. The molecule has 5 unspecified atom stereocenters. The molecule has 20 heavy (non-hydrogen) atoms. The molecule has 0 radical (unpaired) electrons. The summed E-state index contributed by atoms with van der Waals surface area (Å²) in [6.45, 7) is 0.505. The highest BCUT2D eigenvalue weighted by Gasteiger charge is 2.40. The number of rotatable bonds is 5. The number of halogens is 1. The lowest BCUT2D eigenvalue weighted by Crippen LogP contribution is -2.29. The summed E-state index contributed by atoms with van der Waals surface area (Å²) in [7, 11) is 0. The second-order valence-corrected chi connectivity index (χ2v) is 7.46. The Balaban J connectivity index is 1.68. The average molecular weight is 338 g/mol. The van der Waals surface area contributed by atoms with Crippen molar-refractivity contribution in [2.24, 2.45) is 23.5 Å². The van der Waals surface area contributed by atoms with Gasteiger partial charge in [0.05, 0.1) is 6.10 Å². The standard InChI is InChI=1S/C17H24BrNO/c18-16-4-2-1-3-14(16)15(10-19)17(20)9-13-8-11-5-6-12(13)7-11/h1-4,11-13,15,17,20H,5-10,19H2. The molecule has 0 spiro atoms. The first-order valence-electron chi connectivity index (χ1n) is 7.81. The number of hydrogen-bond acceptors (Lipinski definition) is 2. The Hall–Kier alpha value is -0.380. The summed E-state index contributed by atoms with van der Waals surface area (Å²) in [5.41, 5.74) is 7.09. The molecule has 0 aliphatic heterocycles. The molecule has 110 valence electrons. The van der Waals surface area contributed by atoms with Gasteiger partial charge in [0.25, 0.3) is 0 Å². The van der Waals surface area contributed by atoms with E-state index in [0.29, 0.717) is 6.54 Å². The largest absolute Gasteiger partial charge is 0.392 e. The first-order chi connectivity index (χ1) is 9.69. The minimum absolute atomic E-state index is 0.0460. The molecule has 3 rings (SSSR count).